The Morgan fingerprint density at radius 3 is 2.35 bits per heavy atom. The van der Waals surface area contributed by atoms with Crippen LogP contribution < -0.4 is 0 Å². The number of carbonyl (C=O) groups excluding carboxylic acids is 2. The Kier molecular flexibility index (Phi) is 7.33. The molecule has 6 aliphatic carbocycles. The lowest BCUT2D eigenvalue weighted by Gasteiger charge is -2.63. The highest BCUT2D eigenvalue weighted by molar-refractivity contribution is 6.03. The van der Waals surface area contributed by atoms with Crippen molar-refractivity contribution in [2.24, 2.45) is 62.1 Å². The van der Waals surface area contributed by atoms with Gasteiger partial charge in [-0.05, 0) is 140 Å². The van der Waals surface area contributed by atoms with Crippen molar-refractivity contribution in [3.05, 3.63) is 36.5 Å². The highest BCUT2D eigenvalue weighted by atomic mass is 16.3. The smallest absolute Gasteiger partial charge is 0.171 e. The number of fused-ring (bicyclic) bond motifs is 6. The maximum atomic E-state index is 14.4. The minimum absolute atomic E-state index is 0.0595. The van der Waals surface area contributed by atoms with E-state index in [1.54, 1.807) is 0 Å². The third-order valence-electron chi connectivity index (χ3n) is 15.7. The number of aliphatic hydroxyl groups excluding tert-OH is 1. The molecule has 0 radical (unpaired) electrons. The minimum Gasteiger partial charge on any atom is -0.385 e. The average molecular weight is 589 g/mol. The van der Waals surface area contributed by atoms with Crippen molar-refractivity contribution in [1.29, 1.82) is 0 Å². The van der Waals surface area contributed by atoms with Gasteiger partial charge in [-0.1, -0.05) is 72.3 Å². The van der Waals surface area contributed by atoms with E-state index in [4.69, 9.17) is 0 Å². The summed E-state index contributed by atoms with van der Waals surface area (Å²) < 4.78 is 0. The van der Waals surface area contributed by atoms with Gasteiger partial charge in [-0.3, -0.25) is 9.59 Å². The van der Waals surface area contributed by atoms with Crippen LogP contribution in [0.2, 0.25) is 0 Å². The molecule has 1 N–H and O–H groups in total. The fraction of sp³-hybridized carbons (Fsp3) is 0.800. The Hall–Kier alpha value is -1.48. The zero-order chi connectivity index (χ0) is 31.4. The molecule has 43 heavy (non-hydrogen) atoms. The average Bonchev–Trinajstić information content (AvgIpc) is 2.95. The Labute approximate surface area is 262 Å². The van der Waals surface area contributed by atoms with Gasteiger partial charge in [0.25, 0.3) is 0 Å². The molecule has 3 nitrogen and oxygen atoms in total. The van der Waals surface area contributed by atoms with Gasteiger partial charge < -0.3 is 5.11 Å². The number of rotatable bonds is 4. The van der Waals surface area contributed by atoms with E-state index in [0.29, 0.717) is 34.7 Å². The molecule has 6 aliphatic rings. The van der Waals surface area contributed by atoms with Crippen LogP contribution in [0.1, 0.15) is 132 Å². The van der Waals surface area contributed by atoms with Crippen molar-refractivity contribution in [1.82, 2.24) is 0 Å². The maximum absolute atomic E-state index is 14.4. The molecular weight excluding hydrogens is 528 g/mol. The molecule has 0 bridgehead atoms. The molecule has 0 aromatic carbocycles. The molecule has 0 amide bonds. The van der Waals surface area contributed by atoms with Crippen molar-refractivity contribution in [3.8, 4) is 0 Å². The summed E-state index contributed by atoms with van der Waals surface area (Å²) in [6.07, 6.45) is 17.1. The van der Waals surface area contributed by atoms with Crippen LogP contribution in [-0.2, 0) is 9.59 Å². The summed E-state index contributed by atoms with van der Waals surface area (Å²) in [6, 6.07) is 0. The molecule has 0 aromatic heterocycles. The number of aliphatic hydroxyl groups is 1. The van der Waals surface area contributed by atoms with Crippen LogP contribution in [-0.4, -0.2) is 22.8 Å². The van der Waals surface area contributed by atoms with E-state index in [0.717, 1.165) is 57.3 Å². The Morgan fingerprint density at radius 1 is 0.930 bits per heavy atom. The van der Waals surface area contributed by atoms with Gasteiger partial charge in [0.15, 0.2) is 11.6 Å². The van der Waals surface area contributed by atoms with Crippen molar-refractivity contribution >= 4 is 11.6 Å². The first-order chi connectivity index (χ1) is 19.9. The molecule has 0 spiro atoms. The molecule has 3 heteroatoms. The van der Waals surface area contributed by atoms with Gasteiger partial charge in [0, 0.05) is 5.41 Å². The van der Waals surface area contributed by atoms with Crippen LogP contribution in [0.25, 0.3) is 0 Å². The van der Waals surface area contributed by atoms with Gasteiger partial charge in [0.1, 0.15) is 6.10 Å². The van der Waals surface area contributed by atoms with Gasteiger partial charge in [-0.2, -0.15) is 0 Å². The second-order valence-electron chi connectivity index (χ2n) is 18.4. The quantitative estimate of drug-likeness (QED) is 0.263. The molecule has 5 saturated carbocycles. The van der Waals surface area contributed by atoms with Crippen LogP contribution in [0.3, 0.4) is 0 Å². The van der Waals surface area contributed by atoms with Crippen LogP contribution in [0.4, 0.5) is 0 Å². The Balaban J connectivity index is 1.25. The normalized spacial score (nSPS) is 49.9. The molecule has 11 unspecified atom stereocenters. The number of ketones is 2. The van der Waals surface area contributed by atoms with Gasteiger partial charge in [0.05, 0.1) is 5.92 Å². The van der Waals surface area contributed by atoms with Crippen LogP contribution in [0, 0.1) is 62.1 Å². The highest BCUT2D eigenvalue weighted by Gasteiger charge is 2.62. The molecule has 0 heterocycles. The minimum atomic E-state index is -1.27. The van der Waals surface area contributed by atoms with Gasteiger partial charge in [-0.15, -0.1) is 6.58 Å². The summed E-state index contributed by atoms with van der Waals surface area (Å²) in [4.78, 5) is 28.3. The van der Waals surface area contributed by atoms with Crippen molar-refractivity contribution in [2.75, 3.05) is 0 Å². The van der Waals surface area contributed by atoms with Crippen LogP contribution in [0.15, 0.2) is 36.5 Å². The number of Topliss-reactive ketones (excluding diaryl/α,β-unsaturated/α-hetero) is 2. The first kappa shape index (κ1) is 31.5. The SMILES string of the molecule is C=CC1(C)CCC2(C)C(CCC3(C)C(=C)C(=O)C(C(O)C(=O)C4(C)C=C5CCC6C(C)(C)CCCC6(C)C5CC4)CC32)C1. The van der Waals surface area contributed by atoms with E-state index < -0.39 is 17.4 Å². The second-order valence-corrected chi connectivity index (χ2v) is 18.4. The zero-order valence-electron chi connectivity index (χ0n) is 28.5. The largest absolute Gasteiger partial charge is 0.385 e. The fourth-order valence-corrected chi connectivity index (χ4v) is 12.7. The number of hydrogen-bond acceptors (Lipinski definition) is 3. The monoisotopic (exact) mass is 588 g/mol. The van der Waals surface area contributed by atoms with Gasteiger partial charge in [-0.25, -0.2) is 0 Å². The molecule has 11 atom stereocenters. The number of allylic oxidation sites excluding steroid dienone is 4. The Bertz CT molecular complexity index is 1260. The molecule has 6 rings (SSSR count). The first-order valence-corrected chi connectivity index (χ1v) is 17.8. The zero-order valence-corrected chi connectivity index (χ0v) is 28.5. The Morgan fingerprint density at radius 2 is 1.65 bits per heavy atom. The van der Waals surface area contributed by atoms with Crippen molar-refractivity contribution in [3.63, 3.8) is 0 Å². The third kappa shape index (κ3) is 4.51. The second kappa shape index (κ2) is 10.0. The van der Waals surface area contributed by atoms with E-state index >= 15 is 0 Å². The summed E-state index contributed by atoms with van der Waals surface area (Å²) in [5, 5.41) is 11.9. The predicted molar refractivity (Wildman–Crippen MR) is 175 cm³/mol. The number of hydrogen-bond donors (Lipinski definition) is 1. The van der Waals surface area contributed by atoms with Crippen LogP contribution in [0.5, 0.6) is 0 Å². The molecule has 0 aromatic rings. The lowest BCUT2D eigenvalue weighted by Crippen LogP contribution is -2.59. The lowest BCUT2D eigenvalue weighted by atomic mass is 9.41. The van der Waals surface area contributed by atoms with Crippen molar-refractivity contribution < 1.29 is 14.7 Å². The molecule has 238 valence electrons. The predicted octanol–water partition coefficient (Wildman–Crippen LogP) is 9.45. The van der Waals surface area contributed by atoms with E-state index in [2.05, 4.69) is 66.9 Å². The number of carbonyl (C=O) groups is 2. The molecule has 0 aliphatic heterocycles. The fourth-order valence-electron chi connectivity index (χ4n) is 12.7. The lowest BCUT2D eigenvalue weighted by molar-refractivity contribution is -0.154. The van der Waals surface area contributed by atoms with Gasteiger partial charge in [0.2, 0.25) is 0 Å². The molecular formula is C40H60O3. The standard InChI is InChI=1S/C40H60O3/c1-10-36(5)20-21-39(8)27(24-36)14-19-38(7)25(2)32(41)28(22-31(38)39)33(42)34(43)37(6)18-15-29-26(23-37)12-13-30-35(3,4)16-11-17-40(29,30)9/h10,23,27-31,33,42H,1-2,11-22,24H2,3-9H3. The topological polar surface area (TPSA) is 54.4 Å². The summed E-state index contributed by atoms with van der Waals surface area (Å²) in [6.45, 7) is 25.1. The van der Waals surface area contributed by atoms with Crippen LogP contribution >= 0.6 is 0 Å². The van der Waals surface area contributed by atoms with Crippen molar-refractivity contribution in [2.45, 2.75) is 138 Å². The van der Waals surface area contributed by atoms with Gasteiger partial charge >= 0.3 is 0 Å². The molecule has 5 fully saturated rings. The molecule has 0 saturated heterocycles. The van der Waals surface area contributed by atoms with E-state index in [-0.39, 0.29) is 33.7 Å². The van der Waals surface area contributed by atoms with E-state index in [1.165, 1.54) is 31.3 Å². The summed E-state index contributed by atoms with van der Waals surface area (Å²) in [7, 11) is 0. The maximum Gasteiger partial charge on any atom is 0.171 e. The summed E-state index contributed by atoms with van der Waals surface area (Å²) in [5.41, 5.74) is 2.06. The summed E-state index contributed by atoms with van der Waals surface area (Å²) in [5.74, 6) is 1.20. The third-order valence-corrected chi connectivity index (χ3v) is 15.7. The van der Waals surface area contributed by atoms with E-state index in [1.807, 2.05) is 6.92 Å². The van der Waals surface area contributed by atoms with E-state index in [9.17, 15) is 14.7 Å². The highest BCUT2D eigenvalue weighted by Crippen LogP contribution is 2.68. The first-order valence-electron chi connectivity index (χ1n) is 17.8. The summed E-state index contributed by atoms with van der Waals surface area (Å²) >= 11 is 0.